The number of aliphatic hydroxyl groups excluding tert-OH is 1. The van der Waals surface area contributed by atoms with E-state index in [1.807, 2.05) is 0 Å². The molecule has 1 fully saturated rings. The molecule has 0 atom stereocenters. The molecule has 0 aliphatic heterocycles. The molecule has 1 N–H and O–H groups in total. The van der Waals surface area contributed by atoms with Gasteiger partial charge in [-0.25, -0.2) is 9.97 Å². The average molecular weight is 236 g/mol. The van der Waals surface area contributed by atoms with Crippen molar-refractivity contribution in [1.29, 1.82) is 0 Å². The molecule has 94 valence electrons. The number of methoxy groups -OCH3 is 1. The molecule has 1 aliphatic carbocycles. The quantitative estimate of drug-likeness (QED) is 0.872. The SMILES string of the molecule is COC1(C)CCC(c2nccc(CO)n2)CC1. The molecule has 1 aliphatic rings. The van der Waals surface area contributed by atoms with Crippen molar-refractivity contribution in [3.8, 4) is 0 Å². The number of aliphatic hydroxyl groups is 1. The van der Waals surface area contributed by atoms with Gasteiger partial charge in [0, 0.05) is 19.2 Å². The first-order chi connectivity index (χ1) is 8.17. The molecule has 0 aromatic carbocycles. The van der Waals surface area contributed by atoms with Gasteiger partial charge in [0.2, 0.25) is 0 Å². The fraction of sp³-hybridized carbons (Fsp3) is 0.692. The third-order valence-corrected chi connectivity index (χ3v) is 3.80. The highest BCUT2D eigenvalue weighted by atomic mass is 16.5. The van der Waals surface area contributed by atoms with Crippen LogP contribution >= 0.6 is 0 Å². The first-order valence-corrected chi connectivity index (χ1v) is 6.15. The molecular formula is C13H20N2O2. The summed E-state index contributed by atoms with van der Waals surface area (Å²) in [7, 11) is 1.78. The van der Waals surface area contributed by atoms with E-state index >= 15 is 0 Å². The lowest BCUT2D eigenvalue weighted by Crippen LogP contribution is -2.32. The van der Waals surface area contributed by atoms with Gasteiger partial charge in [0.05, 0.1) is 17.9 Å². The highest BCUT2D eigenvalue weighted by Gasteiger charge is 2.32. The second-order valence-corrected chi connectivity index (χ2v) is 4.99. The van der Waals surface area contributed by atoms with Crippen LogP contribution < -0.4 is 0 Å². The van der Waals surface area contributed by atoms with Crippen LogP contribution in [0.1, 0.15) is 50.0 Å². The van der Waals surface area contributed by atoms with Crippen molar-refractivity contribution >= 4 is 0 Å². The lowest BCUT2D eigenvalue weighted by molar-refractivity contribution is -0.0276. The van der Waals surface area contributed by atoms with Gasteiger partial charge in [-0.05, 0) is 38.7 Å². The summed E-state index contributed by atoms with van der Waals surface area (Å²) in [6.45, 7) is 2.15. The second kappa shape index (κ2) is 5.10. The zero-order chi connectivity index (χ0) is 12.3. The maximum absolute atomic E-state index is 9.07. The Morgan fingerprint density at radius 2 is 2.18 bits per heavy atom. The molecule has 4 heteroatoms. The van der Waals surface area contributed by atoms with Crippen LogP contribution in [0.2, 0.25) is 0 Å². The lowest BCUT2D eigenvalue weighted by atomic mass is 9.79. The van der Waals surface area contributed by atoms with Gasteiger partial charge in [-0.15, -0.1) is 0 Å². The van der Waals surface area contributed by atoms with E-state index in [9.17, 15) is 0 Å². The highest BCUT2D eigenvalue weighted by molar-refractivity contribution is 5.06. The van der Waals surface area contributed by atoms with Crippen LogP contribution in [0.4, 0.5) is 0 Å². The number of ether oxygens (including phenoxy) is 1. The Hall–Kier alpha value is -1.00. The van der Waals surface area contributed by atoms with E-state index in [1.54, 1.807) is 19.4 Å². The van der Waals surface area contributed by atoms with E-state index in [0.29, 0.717) is 11.6 Å². The van der Waals surface area contributed by atoms with Crippen LogP contribution in [0.5, 0.6) is 0 Å². The Labute approximate surface area is 102 Å². The smallest absolute Gasteiger partial charge is 0.131 e. The number of nitrogens with zero attached hydrogens (tertiary/aromatic N) is 2. The molecule has 1 aromatic rings. The molecule has 0 unspecified atom stereocenters. The largest absolute Gasteiger partial charge is 0.390 e. The van der Waals surface area contributed by atoms with Crippen LogP contribution in [0.15, 0.2) is 12.3 Å². The molecule has 0 bridgehead atoms. The number of hydrogen-bond acceptors (Lipinski definition) is 4. The summed E-state index contributed by atoms with van der Waals surface area (Å²) in [4.78, 5) is 8.71. The van der Waals surface area contributed by atoms with Gasteiger partial charge < -0.3 is 9.84 Å². The maximum atomic E-state index is 9.07. The van der Waals surface area contributed by atoms with Crippen molar-refractivity contribution in [3.63, 3.8) is 0 Å². The minimum absolute atomic E-state index is 0.0158. The summed E-state index contributed by atoms with van der Waals surface area (Å²) in [5, 5.41) is 9.07. The Balaban J connectivity index is 2.05. The molecule has 1 saturated carbocycles. The van der Waals surface area contributed by atoms with E-state index < -0.39 is 0 Å². The van der Waals surface area contributed by atoms with Gasteiger partial charge in [-0.1, -0.05) is 0 Å². The Morgan fingerprint density at radius 3 is 2.76 bits per heavy atom. The van der Waals surface area contributed by atoms with Crippen molar-refractivity contribution in [2.24, 2.45) is 0 Å². The monoisotopic (exact) mass is 236 g/mol. The molecule has 0 saturated heterocycles. The van der Waals surface area contributed by atoms with E-state index in [4.69, 9.17) is 9.84 Å². The third kappa shape index (κ3) is 2.82. The van der Waals surface area contributed by atoms with Gasteiger partial charge in [-0.2, -0.15) is 0 Å². The predicted octanol–water partition coefficient (Wildman–Crippen LogP) is 2.03. The first-order valence-electron chi connectivity index (χ1n) is 6.15. The topological polar surface area (TPSA) is 55.2 Å². The number of rotatable bonds is 3. The van der Waals surface area contributed by atoms with E-state index in [0.717, 1.165) is 31.5 Å². The minimum atomic E-state index is -0.0158. The summed E-state index contributed by atoms with van der Waals surface area (Å²) in [6.07, 6.45) is 5.93. The van der Waals surface area contributed by atoms with Crippen molar-refractivity contribution < 1.29 is 9.84 Å². The maximum Gasteiger partial charge on any atom is 0.131 e. The second-order valence-electron chi connectivity index (χ2n) is 4.99. The van der Waals surface area contributed by atoms with Gasteiger partial charge in [0.15, 0.2) is 0 Å². The predicted molar refractivity (Wildman–Crippen MR) is 64.6 cm³/mol. The summed E-state index contributed by atoms with van der Waals surface area (Å²) in [5.74, 6) is 1.28. The average Bonchev–Trinajstić information content (AvgIpc) is 2.40. The summed E-state index contributed by atoms with van der Waals surface area (Å²) >= 11 is 0. The lowest BCUT2D eigenvalue weighted by Gasteiger charge is -2.35. The Bertz CT molecular complexity index is 373. The molecule has 0 spiro atoms. The van der Waals surface area contributed by atoms with Crippen LogP contribution in [0.3, 0.4) is 0 Å². The number of hydrogen-bond donors (Lipinski definition) is 1. The minimum Gasteiger partial charge on any atom is -0.390 e. The van der Waals surface area contributed by atoms with Crippen LogP contribution in [0, 0.1) is 0 Å². The molecule has 17 heavy (non-hydrogen) atoms. The van der Waals surface area contributed by atoms with Crippen LogP contribution in [-0.2, 0) is 11.3 Å². The van der Waals surface area contributed by atoms with Crippen molar-refractivity contribution in [2.45, 2.75) is 50.7 Å². The highest BCUT2D eigenvalue weighted by Crippen LogP contribution is 2.38. The van der Waals surface area contributed by atoms with Crippen molar-refractivity contribution in [2.75, 3.05) is 7.11 Å². The molecule has 1 heterocycles. The molecule has 0 radical (unpaired) electrons. The normalized spacial score (nSPS) is 29.2. The Kier molecular flexibility index (Phi) is 3.74. The van der Waals surface area contributed by atoms with Gasteiger partial charge in [0.25, 0.3) is 0 Å². The van der Waals surface area contributed by atoms with Crippen molar-refractivity contribution in [1.82, 2.24) is 9.97 Å². The molecule has 2 rings (SSSR count). The van der Waals surface area contributed by atoms with E-state index in [1.165, 1.54) is 0 Å². The Morgan fingerprint density at radius 1 is 1.47 bits per heavy atom. The van der Waals surface area contributed by atoms with Crippen LogP contribution in [0.25, 0.3) is 0 Å². The number of aromatic nitrogens is 2. The van der Waals surface area contributed by atoms with Crippen LogP contribution in [-0.4, -0.2) is 27.8 Å². The van der Waals surface area contributed by atoms with Crippen molar-refractivity contribution in [3.05, 3.63) is 23.8 Å². The molecule has 4 nitrogen and oxygen atoms in total. The van der Waals surface area contributed by atoms with E-state index in [-0.39, 0.29) is 12.2 Å². The van der Waals surface area contributed by atoms with Gasteiger partial charge in [-0.3, -0.25) is 0 Å². The third-order valence-electron chi connectivity index (χ3n) is 3.80. The molecule has 0 amide bonds. The zero-order valence-corrected chi connectivity index (χ0v) is 10.5. The summed E-state index contributed by atoms with van der Waals surface area (Å²) in [5.41, 5.74) is 0.723. The standard InChI is InChI=1S/C13H20N2O2/c1-13(17-2)6-3-10(4-7-13)12-14-8-5-11(9-16)15-12/h5,8,10,16H,3-4,6-7,9H2,1-2H3. The fourth-order valence-corrected chi connectivity index (χ4v) is 2.39. The van der Waals surface area contributed by atoms with Gasteiger partial charge in [0.1, 0.15) is 5.82 Å². The zero-order valence-electron chi connectivity index (χ0n) is 10.5. The summed E-state index contributed by atoms with van der Waals surface area (Å²) < 4.78 is 5.53. The van der Waals surface area contributed by atoms with Gasteiger partial charge >= 0.3 is 0 Å². The first kappa shape index (κ1) is 12.5. The molecule has 1 aromatic heterocycles. The summed E-state index contributed by atoms with van der Waals surface area (Å²) in [6, 6.07) is 1.76. The van der Waals surface area contributed by atoms with E-state index in [2.05, 4.69) is 16.9 Å². The fourth-order valence-electron chi connectivity index (χ4n) is 2.39. The molecular weight excluding hydrogens is 216 g/mol.